The van der Waals surface area contributed by atoms with E-state index in [1.54, 1.807) is 12.1 Å². The third-order valence-corrected chi connectivity index (χ3v) is 6.41. The van der Waals surface area contributed by atoms with Gasteiger partial charge < -0.3 is 15.2 Å². The molecule has 0 bridgehead atoms. The van der Waals surface area contributed by atoms with Gasteiger partial charge >= 0.3 is 0 Å². The summed E-state index contributed by atoms with van der Waals surface area (Å²) in [6, 6.07) is 6.15. The Hall–Kier alpha value is -2.42. The fourth-order valence-corrected chi connectivity index (χ4v) is 4.31. The number of carbonyl (C=O) groups is 2. The van der Waals surface area contributed by atoms with Gasteiger partial charge in [0.2, 0.25) is 5.91 Å². The molecular formula is C21H28FN5O2S. The molecule has 1 fully saturated rings. The zero-order valence-corrected chi connectivity index (χ0v) is 18.2. The van der Waals surface area contributed by atoms with E-state index >= 15 is 0 Å². The molecule has 9 heteroatoms. The van der Waals surface area contributed by atoms with E-state index in [1.165, 1.54) is 43.2 Å². The number of rotatable bonds is 8. The molecule has 30 heavy (non-hydrogen) atoms. The molecule has 162 valence electrons. The van der Waals surface area contributed by atoms with Crippen LogP contribution >= 0.6 is 11.8 Å². The van der Waals surface area contributed by atoms with Gasteiger partial charge in [0.15, 0.2) is 5.16 Å². The molecule has 1 saturated carbocycles. The minimum Gasteiger partial charge on any atom is -0.352 e. The van der Waals surface area contributed by atoms with Crippen LogP contribution in [-0.4, -0.2) is 44.4 Å². The van der Waals surface area contributed by atoms with Gasteiger partial charge in [-0.15, -0.1) is 10.2 Å². The van der Waals surface area contributed by atoms with Crippen LogP contribution < -0.4 is 10.6 Å². The van der Waals surface area contributed by atoms with E-state index in [2.05, 4.69) is 20.8 Å². The second-order valence-corrected chi connectivity index (χ2v) is 8.86. The Kier molecular flexibility index (Phi) is 7.84. The molecule has 0 aliphatic heterocycles. The molecule has 1 heterocycles. The monoisotopic (exact) mass is 433 g/mol. The van der Waals surface area contributed by atoms with Gasteiger partial charge in [0.1, 0.15) is 11.6 Å². The van der Waals surface area contributed by atoms with Crippen LogP contribution in [0.5, 0.6) is 0 Å². The molecule has 1 aliphatic carbocycles. The zero-order valence-electron chi connectivity index (χ0n) is 17.4. The number of hydrogen-bond acceptors (Lipinski definition) is 5. The minimum atomic E-state index is -0.548. The highest BCUT2D eigenvalue weighted by atomic mass is 32.2. The third-order valence-electron chi connectivity index (χ3n) is 5.28. The SMILES string of the molecule is C[C@@H](Sc1nnc(CCNC(=O)c2ccccc2F)n1C)C(=O)NC1CCCCC1. The number of thioether (sulfide) groups is 1. The Morgan fingerprint density at radius 1 is 1.23 bits per heavy atom. The van der Waals surface area contributed by atoms with Gasteiger partial charge in [-0.1, -0.05) is 43.2 Å². The summed E-state index contributed by atoms with van der Waals surface area (Å²) in [7, 11) is 1.84. The summed E-state index contributed by atoms with van der Waals surface area (Å²) in [6.07, 6.45) is 6.15. The number of nitrogens with zero attached hydrogens (tertiary/aromatic N) is 3. The van der Waals surface area contributed by atoms with Crippen LogP contribution in [0.15, 0.2) is 29.4 Å². The van der Waals surface area contributed by atoms with E-state index in [1.807, 2.05) is 18.5 Å². The van der Waals surface area contributed by atoms with Crippen LogP contribution in [0.4, 0.5) is 4.39 Å². The molecule has 0 radical (unpaired) electrons. The first-order chi connectivity index (χ1) is 14.5. The quantitative estimate of drug-likeness (QED) is 0.625. The topological polar surface area (TPSA) is 88.9 Å². The summed E-state index contributed by atoms with van der Waals surface area (Å²) in [6.45, 7) is 2.17. The molecule has 0 saturated heterocycles. The predicted octanol–water partition coefficient (Wildman–Crippen LogP) is 2.86. The highest BCUT2D eigenvalue weighted by Gasteiger charge is 2.22. The fraction of sp³-hybridized carbons (Fsp3) is 0.524. The van der Waals surface area contributed by atoms with Gasteiger partial charge in [0.05, 0.1) is 10.8 Å². The second kappa shape index (κ2) is 10.6. The minimum absolute atomic E-state index is 0.0181. The average Bonchev–Trinajstić information content (AvgIpc) is 3.08. The first kappa shape index (κ1) is 22.3. The molecule has 1 aliphatic rings. The van der Waals surface area contributed by atoms with Crippen molar-refractivity contribution in [3.05, 3.63) is 41.5 Å². The van der Waals surface area contributed by atoms with Crippen molar-refractivity contribution in [2.45, 2.75) is 61.9 Å². The lowest BCUT2D eigenvalue weighted by molar-refractivity contribution is -0.121. The molecule has 0 spiro atoms. The maximum Gasteiger partial charge on any atom is 0.254 e. The third kappa shape index (κ3) is 5.81. The van der Waals surface area contributed by atoms with Crippen LogP contribution in [0.2, 0.25) is 0 Å². The standard InChI is InChI=1S/C21H28FN5O2S/c1-14(19(28)24-15-8-4-3-5-9-15)30-21-26-25-18(27(21)2)12-13-23-20(29)16-10-6-7-11-17(16)22/h6-7,10-11,14-15H,3-5,8-9,12-13H2,1-2H3,(H,23,29)(H,24,28)/t14-/m1/s1. The Morgan fingerprint density at radius 3 is 2.70 bits per heavy atom. The largest absolute Gasteiger partial charge is 0.352 e. The number of amides is 2. The molecule has 3 rings (SSSR count). The summed E-state index contributed by atoms with van der Waals surface area (Å²) >= 11 is 1.37. The van der Waals surface area contributed by atoms with E-state index in [0.717, 1.165) is 12.8 Å². The highest BCUT2D eigenvalue weighted by molar-refractivity contribution is 8.00. The van der Waals surface area contributed by atoms with Crippen molar-refractivity contribution in [1.82, 2.24) is 25.4 Å². The van der Waals surface area contributed by atoms with Gasteiger partial charge in [0, 0.05) is 26.1 Å². The molecule has 1 atom stereocenters. The van der Waals surface area contributed by atoms with Crippen LogP contribution in [0.3, 0.4) is 0 Å². The normalized spacial score (nSPS) is 15.6. The van der Waals surface area contributed by atoms with Gasteiger partial charge in [-0.25, -0.2) is 4.39 Å². The Balaban J connectivity index is 1.48. The first-order valence-corrected chi connectivity index (χ1v) is 11.2. The smallest absolute Gasteiger partial charge is 0.254 e. The van der Waals surface area contributed by atoms with Crippen molar-refractivity contribution in [1.29, 1.82) is 0 Å². The number of nitrogens with one attached hydrogen (secondary N) is 2. The van der Waals surface area contributed by atoms with E-state index in [0.29, 0.717) is 23.9 Å². The van der Waals surface area contributed by atoms with Crippen molar-refractivity contribution < 1.29 is 14.0 Å². The van der Waals surface area contributed by atoms with E-state index in [-0.39, 0.29) is 22.8 Å². The summed E-state index contributed by atoms with van der Waals surface area (Å²) in [5.74, 6) is -0.300. The summed E-state index contributed by atoms with van der Waals surface area (Å²) in [5, 5.41) is 14.6. The number of aromatic nitrogens is 3. The summed E-state index contributed by atoms with van der Waals surface area (Å²) in [5.41, 5.74) is 0.0181. The molecular weight excluding hydrogens is 405 g/mol. The Labute approximate surface area is 180 Å². The summed E-state index contributed by atoms with van der Waals surface area (Å²) < 4.78 is 15.5. The molecule has 2 aromatic rings. The molecule has 7 nitrogen and oxygen atoms in total. The second-order valence-electron chi connectivity index (χ2n) is 7.55. The number of hydrogen-bond donors (Lipinski definition) is 2. The lowest BCUT2D eigenvalue weighted by Gasteiger charge is -2.24. The lowest BCUT2D eigenvalue weighted by atomic mass is 9.95. The summed E-state index contributed by atoms with van der Waals surface area (Å²) in [4.78, 5) is 24.6. The lowest BCUT2D eigenvalue weighted by Crippen LogP contribution is -2.40. The highest BCUT2D eigenvalue weighted by Crippen LogP contribution is 2.23. The predicted molar refractivity (Wildman–Crippen MR) is 114 cm³/mol. The number of halogens is 1. The number of benzene rings is 1. The van der Waals surface area contributed by atoms with Gasteiger partial charge in [-0.3, -0.25) is 9.59 Å². The fourth-order valence-electron chi connectivity index (χ4n) is 3.47. The maximum atomic E-state index is 13.7. The van der Waals surface area contributed by atoms with Gasteiger partial charge in [0.25, 0.3) is 5.91 Å². The first-order valence-electron chi connectivity index (χ1n) is 10.3. The molecule has 2 amide bonds. The molecule has 0 unspecified atom stereocenters. The van der Waals surface area contributed by atoms with E-state index < -0.39 is 11.7 Å². The van der Waals surface area contributed by atoms with Crippen molar-refractivity contribution >= 4 is 23.6 Å². The molecule has 1 aromatic heterocycles. The van der Waals surface area contributed by atoms with Crippen LogP contribution in [0.25, 0.3) is 0 Å². The molecule has 2 N–H and O–H groups in total. The Morgan fingerprint density at radius 2 is 1.97 bits per heavy atom. The van der Waals surface area contributed by atoms with Crippen molar-refractivity contribution in [2.24, 2.45) is 7.05 Å². The Bertz CT molecular complexity index is 882. The number of carbonyl (C=O) groups excluding carboxylic acids is 2. The van der Waals surface area contributed by atoms with Crippen LogP contribution in [-0.2, 0) is 18.3 Å². The maximum absolute atomic E-state index is 13.7. The van der Waals surface area contributed by atoms with E-state index in [4.69, 9.17) is 0 Å². The molecule has 1 aromatic carbocycles. The van der Waals surface area contributed by atoms with Crippen LogP contribution in [0.1, 0.15) is 55.2 Å². The van der Waals surface area contributed by atoms with Crippen molar-refractivity contribution in [2.75, 3.05) is 6.54 Å². The van der Waals surface area contributed by atoms with E-state index in [9.17, 15) is 14.0 Å². The van der Waals surface area contributed by atoms with Crippen LogP contribution in [0, 0.1) is 5.82 Å². The van der Waals surface area contributed by atoms with Crippen molar-refractivity contribution in [3.8, 4) is 0 Å². The van der Waals surface area contributed by atoms with Gasteiger partial charge in [-0.2, -0.15) is 0 Å². The average molecular weight is 434 g/mol. The van der Waals surface area contributed by atoms with Crippen molar-refractivity contribution in [3.63, 3.8) is 0 Å². The van der Waals surface area contributed by atoms with Gasteiger partial charge in [-0.05, 0) is 31.9 Å². The zero-order chi connectivity index (χ0) is 21.5.